The van der Waals surface area contributed by atoms with Gasteiger partial charge in [0.25, 0.3) is 11.8 Å². The van der Waals surface area contributed by atoms with Crippen LogP contribution in [0.15, 0.2) is 11.6 Å². The molecule has 0 bridgehead atoms. The van der Waals surface area contributed by atoms with Crippen LogP contribution in [0.5, 0.6) is 0 Å². The lowest BCUT2D eigenvalue weighted by molar-refractivity contribution is -0.131. The van der Waals surface area contributed by atoms with Crippen molar-refractivity contribution in [1.82, 2.24) is 15.1 Å². The third-order valence-electron chi connectivity index (χ3n) is 6.84. The summed E-state index contributed by atoms with van der Waals surface area (Å²) in [6.45, 7) is 10.7. The molecule has 0 aliphatic carbocycles. The molecule has 0 aromatic heterocycles. The van der Waals surface area contributed by atoms with Crippen LogP contribution in [0.2, 0.25) is 0 Å². The fourth-order valence-electron chi connectivity index (χ4n) is 4.78. The highest BCUT2D eigenvalue weighted by Gasteiger charge is 2.45. The molecule has 2 aliphatic rings. The number of nitrogens with zero attached hydrogens (tertiary/aromatic N) is 3. The maximum Gasteiger partial charge on any atom is 0.475 e. The van der Waals surface area contributed by atoms with Gasteiger partial charge in [-0.3, -0.25) is 9.69 Å². The molecule has 2 atom stereocenters. The topological polar surface area (TPSA) is 126 Å². The van der Waals surface area contributed by atoms with E-state index >= 15 is 0 Å². The van der Waals surface area contributed by atoms with E-state index in [9.17, 15) is 33.7 Å². The molecule has 0 saturated carbocycles. The Kier molecular flexibility index (Phi) is 9.19. The van der Waals surface area contributed by atoms with Crippen molar-refractivity contribution in [3.05, 3.63) is 11.6 Å². The molecular weight excluding hydrogens is 473 g/mol. The number of likely N-dealkylation sites (tertiary alicyclic amines) is 2. The number of nitriles is 1. The number of rotatable bonds is 8. The van der Waals surface area contributed by atoms with Crippen LogP contribution < -0.4 is 5.32 Å². The lowest BCUT2D eigenvalue weighted by Crippen LogP contribution is -2.52. The van der Waals surface area contributed by atoms with Crippen molar-refractivity contribution in [2.45, 2.75) is 90.2 Å². The van der Waals surface area contributed by atoms with E-state index in [1.165, 1.54) is 11.0 Å². The van der Waals surface area contributed by atoms with Crippen molar-refractivity contribution >= 4 is 19.1 Å². The van der Waals surface area contributed by atoms with Gasteiger partial charge in [-0.1, -0.05) is 20.8 Å². The molecule has 2 aliphatic heterocycles. The molecule has 2 amide bonds. The van der Waals surface area contributed by atoms with E-state index in [1.807, 2.05) is 26.8 Å². The average molecular weight is 512 g/mol. The number of ether oxygens (including phenoxy) is 1. The number of carbonyl (C=O) groups excluding carboxylic acids is 2. The lowest BCUT2D eigenvalue weighted by atomic mass is 9.71. The smallest absolute Gasteiger partial charge is 0.447 e. The zero-order chi connectivity index (χ0) is 27.5. The van der Waals surface area contributed by atoms with Gasteiger partial charge in [0, 0.05) is 25.0 Å². The van der Waals surface area contributed by atoms with Crippen molar-refractivity contribution in [3.63, 3.8) is 0 Å². The first kappa shape index (κ1) is 30.0. The zero-order valence-corrected chi connectivity index (χ0v) is 22.1. The second kappa shape index (κ2) is 11.0. The summed E-state index contributed by atoms with van der Waals surface area (Å²) >= 11 is 0. The van der Waals surface area contributed by atoms with Gasteiger partial charge in [0.1, 0.15) is 18.2 Å². The van der Waals surface area contributed by atoms with Crippen LogP contribution in [-0.2, 0) is 9.53 Å². The van der Waals surface area contributed by atoms with Crippen molar-refractivity contribution in [2.75, 3.05) is 26.2 Å². The first-order chi connectivity index (χ1) is 16.4. The summed E-state index contributed by atoms with van der Waals surface area (Å²) in [4.78, 5) is 28.8. The Morgan fingerprint density at radius 1 is 1.22 bits per heavy atom. The molecule has 0 aromatic rings. The minimum Gasteiger partial charge on any atom is -0.447 e. The van der Waals surface area contributed by atoms with Gasteiger partial charge >= 0.3 is 13.2 Å². The molecule has 2 saturated heterocycles. The van der Waals surface area contributed by atoms with Gasteiger partial charge in [-0.05, 0) is 51.5 Å². The highest BCUT2D eigenvalue weighted by Crippen LogP contribution is 2.34. The van der Waals surface area contributed by atoms with Gasteiger partial charge in [-0.25, -0.2) is 13.6 Å². The normalized spacial score (nSPS) is 23.8. The van der Waals surface area contributed by atoms with Gasteiger partial charge in [-0.2, -0.15) is 5.26 Å². The predicted octanol–water partition coefficient (Wildman–Crippen LogP) is 2.48. The van der Waals surface area contributed by atoms with E-state index in [-0.39, 0.29) is 30.6 Å². The first-order valence-electron chi connectivity index (χ1n) is 12.3. The summed E-state index contributed by atoms with van der Waals surface area (Å²) in [5, 5.41) is 31.4. The molecular formula is C24H39BF2N4O5. The van der Waals surface area contributed by atoms with Gasteiger partial charge < -0.3 is 25.0 Å². The van der Waals surface area contributed by atoms with Crippen molar-refractivity contribution in [3.8, 4) is 6.07 Å². The van der Waals surface area contributed by atoms with Crippen LogP contribution >= 0.6 is 0 Å². The van der Waals surface area contributed by atoms with Crippen LogP contribution in [0.1, 0.15) is 67.2 Å². The van der Waals surface area contributed by atoms with Gasteiger partial charge in [0.15, 0.2) is 0 Å². The van der Waals surface area contributed by atoms with Gasteiger partial charge in [-0.15, -0.1) is 0 Å². The van der Waals surface area contributed by atoms with Crippen LogP contribution in [0.4, 0.5) is 13.6 Å². The number of hydrogen-bond donors (Lipinski definition) is 3. The number of alkyl halides is 2. The molecule has 0 aromatic carbocycles. The number of halogens is 2. The van der Waals surface area contributed by atoms with Crippen LogP contribution in [-0.4, -0.2) is 88.1 Å². The van der Waals surface area contributed by atoms with E-state index in [4.69, 9.17) is 4.74 Å². The molecule has 9 nitrogen and oxygen atoms in total. The van der Waals surface area contributed by atoms with Crippen LogP contribution in [0, 0.1) is 16.7 Å². The largest absolute Gasteiger partial charge is 0.475 e. The predicted molar refractivity (Wildman–Crippen MR) is 131 cm³/mol. The summed E-state index contributed by atoms with van der Waals surface area (Å²) in [6.07, 6.45) is 1.79. The van der Waals surface area contributed by atoms with Gasteiger partial charge in [0.2, 0.25) is 0 Å². The van der Waals surface area contributed by atoms with Crippen LogP contribution in [0.3, 0.4) is 0 Å². The van der Waals surface area contributed by atoms with E-state index in [0.717, 1.165) is 0 Å². The fraction of sp³-hybridized carbons (Fsp3) is 0.792. The number of hydrogen-bond acceptors (Lipinski definition) is 7. The molecule has 12 heteroatoms. The third kappa shape index (κ3) is 7.89. The van der Waals surface area contributed by atoms with Crippen molar-refractivity contribution in [2.24, 2.45) is 5.41 Å². The Labute approximate surface area is 212 Å². The molecule has 0 unspecified atom stereocenters. The zero-order valence-electron chi connectivity index (χ0n) is 22.1. The molecule has 202 valence electrons. The quantitative estimate of drug-likeness (QED) is 0.259. The Hall–Kier alpha value is -2.23. The minimum absolute atomic E-state index is 0.151. The maximum atomic E-state index is 13.7. The first-order valence-corrected chi connectivity index (χ1v) is 12.3. The number of amides is 2. The molecule has 2 heterocycles. The number of nitrogens with one attached hydrogen (secondary N) is 1. The van der Waals surface area contributed by atoms with Crippen molar-refractivity contribution < 1.29 is 33.2 Å². The third-order valence-corrected chi connectivity index (χ3v) is 6.84. The molecule has 0 spiro atoms. The second-order valence-corrected chi connectivity index (χ2v) is 11.9. The second-order valence-electron chi connectivity index (χ2n) is 11.9. The monoisotopic (exact) mass is 512 g/mol. The molecule has 2 rings (SSSR count). The summed E-state index contributed by atoms with van der Waals surface area (Å²) in [6, 6.07) is 1.92. The Morgan fingerprint density at radius 2 is 1.86 bits per heavy atom. The average Bonchev–Trinajstić information content (AvgIpc) is 3.31. The maximum absolute atomic E-state index is 13.7. The number of alkyl carbamates (subject to hydrolysis) is 1. The van der Waals surface area contributed by atoms with Crippen LogP contribution in [0.25, 0.3) is 0 Å². The summed E-state index contributed by atoms with van der Waals surface area (Å²) < 4.78 is 32.8. The van der Waals surface area contributed by atoms with E-state index < -0.39 is 48.6 Å². The minimum atomic E-state index is -2.80. The standard InChI is InChI=1S/C24H39BF2N4O5/c1-21(2,3)13-18(25(34)35)29-20(33)36-16-23(6)8-7-10-31(23)19(32)17(14-28)12-22(4,5)30-11-9-24(26,27)15-30/h12,18,34-35H,7-11,13,15-16H2,1-6H3,(H,29,33)/t18-,23+/m0/s1. The molecule has 36 heavy (non-hydrogen) atoms. The highest BCUT2D eigenvalue weighted by molar-refractivity contribution is 6.43. The van der Waals surface area contributed by atoms with E-state index in [2.05, 4.69) is 5.32 Å². The van der Waals surface area contributed by atoms with E-state index in [0.29, 0.717) is 25.8 Å². The Morgan fingerprint density at radius 3 is 2.36 bits per heavy atom. The highest BCUT2D eigenvalue weighted by atomic mass is 19.3. The SMILES string of the molecule is CC(C)(C)C[C@H](NC(=O)OC[C@@]1(C)CCCN1C(=O)C(C#N)=CC(C)(C)N1CCC(F)(F)C1)B(O)O. The number of carbonyl (C=O) groups is 2. The van der Waals surface area contributed by atoms with Gasteiger partial charge in [0.05, 0.1) is 18.0 Å². The van der Waals surface area contributed by atoms with E-state index in [1.54, 1.807) is 25.7 Å². The fourth-order valence-corrected chi connectivity index (χ4v) is 4.78. The molecule has 3 N–H and O–H groups in total. The summed E-state index contributed by atoms with van der Waals surface area (Å²) in [5.74, 6) is -4.28. The lowest BCUT2D eigenvalue weighted by Gasteiger charge is -2.36. The summed E-state index contributed by atoms with van der Waals surface area (Å²) in [5.41, 5.74) is -2.24. The Bertz CT molecular complexity index is 900. The van der Waals surface area contributed by atoms with Crippen molar-refractivity contribution in [1.29, 1.82) is 5.26 Å². The molecule has 2 fully saturated rings. The summed E-state index contributed by atoms with van der Waals surface area (Å²) in [7, 11) is -1.76. The Balaban J connectivity index is 2.09. The molecule has 0 radical (unpaired) electrons.